The Labute approximate surface area is 73.1 Å². The monoisotopic (exact) mass is 183 g/mol. The molecule has 0 aliphatic heterocycles. The maximum Gasteiger partial charge on any atom is 0.303 e. The zero-order chi connectivity index (χ0) is 10.0. The topological polar surface area (TPSA) is 83.5 Å². The van der Waals surface area contributed by atoms with Gasteiger partial charge in [0.2, 0.25) is 0 Å². The molecule has 0 bridgehead atoms. The lowest BCUT2D eigenvalue weighted by Crippen LogP contribution is -1.93. The Bertz CT molecular complexity index is 375. The highest BCUT2D eigenvalue weighted by Gasteiger charge is 2.18. The number of nitro benzene ring substituents is 1. The van der Waals surface area contributed by atoms with E-state index < -0.39 is 4.92 Å². The van der Waals surface area contributed by atoms with Crippen LogP contribution in [-0.4, -0.2) is 21.8 Å². The molecule has 1 rings (SSSR count). The summed E-state index contributed by atoms with van der Waals surface area (Å²) in [6.45, 7) is 0. The van der Waals surface area contributed by atoms with Gasteiger partial charge < -0.3 is 5.11 Å². The molecule has 13 heavy (non-hydrogen) atoms. The minimum Gasteiger partial charge on any atom is -0.502 e. The molecule has 6 nitrogen and oxygen atoms in total. The van der Waals surface area contributed by atoms with E-state index in [-0.39, 0.29) is 17.1 Å². The van der Waals surface area contributed by atoms with E-state index >= 15 is 0 Å². The number of hydrogen-bond acceptors (Lipinski definition) is 4. The lowest BCUT2D eigenvalue weighted by molar-refractivity contribution is -0.430. The molecule has 0 saturated heterocycles. The third-order valence-corrected chi connectivity index (χ3v) is 1.51. The number of non-ortho nitro benzene ring substituents is 1. The first-order valence-corrected chi connectivity index (χ1v) is 3.40. The minimum atomic E-state index is -0.633. The van der Waals surface area contributed by atoms with Crippen LogP contribution in [0.5, 0.6) is 5.75 Å². The molecule has 68 valence electrons. The lowest BCUT2D eigenvalue weighted by atomic mass is 10.2. The number of nitro groups is 1. The molecule has 0 heterocycles. The van der Waals surface area contributed by atoms with Crippen molar-refractivity contribution in [1.29, 1.82) is 0 Å². The molecule has 0 unspecified atom stereocenters. The summed E-state index contributed by atoms with van der Waals surface area (Å²) in [7, 11) is 1.15. The predicted octanol–water partition coefficient (Wildman–Crippen LogP) is 1.34. The van der Waals surface area contributed by atoms with Gasteiger partial charge in [-0.3, -0.25) is 10.1 Å². The highest BCUT2D eigenvalue weighted by atomic mass is 16.6. The molecule has 0 saturated carbocycles. The van der Waals surface area contributed by atoms with Gasteiger partial charge in [-0.05, 0) is 6.07 Å². The van der Waals surface area contributed by atoms with Crippen LogP contribution in [0.2, 0.25) is 0 Å². The quantitative estimate of drug-likeness (QED) is 0.426. The van der Waals surface area contributed by atoms with E-state index in [1.54, 1.807) is 0 Å². The van der Waals surface area contributed by atoms with Crippen molar-refractivity contribution < 1.29 is 14.8 Å². The average Bonchev–Trinajstić information content (AvgIpc) is 2.04. The number of phenols is 1. The molecule has 0 fully saturated rings. The van der Waals surface area contributed by atoms with Crippen molar-refractivity contribution in [1.82, 2.24) is 0 Å². The summed E-state index contributed by atoms with van der Waals surface area (Å²) in [5, 5.41) is 19.4. The normalized spacial score (nSPS) is 9.62. The van der Waals surface area contributed by atoms with Crippen molar-refractivity contribution in [2.75, 3.05) is 7.05 Å². The van der Waals surface area contributed by atoms with Crippen molar-refractivity contribution in [3.8, 4) is 5.75 Å². The van der Waals surface area contributed by atoms with E-state index in [4.69, 9.17) is 5.11 Å². The predicted molar refractivity (Wildman–Crippen MR) is 44.0 cm³/mol. The summed E-state index contributed by atoms with van der Waals surface area (Å²) in [5.41, 5.74) is -0.343. The molecule has 0 aliphatic carbocycles. The van der Waals surface area contributed by atoms with Gasteiger partial charge in [-0.1, -0.05) is 0 Å². The van der Waals surface area contributed by atoms with Gasteiger partial charge in [0.05, 0.1) is 11.0 Å². The first-order chi connectivity index (χ1) is 6.02. The molecule has 1 aromatic rings. The van der Waals surface area contributed by atoms with E-state index in [0.717, 1.165) is 25.2 Å². The minimum absolute atomic E-state index is 0.116. The van der Waals surface area contributed by atoms with E-state index in [1.165, 1.54) is 0 Å². The third kappa shape index (κ3) is 1.78. The molecular formula is C7H7N2O4+. The van der Waals surface area contributed by atoms with Crippen LogP contribution in [0.15, 0.2) is 18.2 Å². The van der Waals surface area contributed by atoms with Crippen molar-refractivity contribution in [3.05, 3.63) is 33.2 Å². The number of hydrogen-bond donors (Lipinski definition) is 1. The van der Waals surface area contributed by atoms with Gasteiger partial charge in [0.1, 0.15) is 0 Å². The second-order valence-electron chi connectivity index (χ2n) is 2.43. The molecule has 0 radical (unpaired) electrons. The molecule has 1 aromatic carbocycles. The van der Waals surface area contributed by atoms with E-state index in [0.29, 0.717) is 4.76 Å². The molecule has 0 spiro atoms. The maximum absolute atomic E-state index is 10.8. The fourth-order valence-electron chi connectivity index (χ4n) is 0.878. The van der Waals surface area contributed by atoms with Crippen LogP contribution in [0.1, 0.15) is 0 Å². The summed E-state index contributed by atoms with van der Waals surface area (Å²) in [4.78, 5) is 20.4. The molecule has 0 atom stereocenters. The van der Waals surface area contributed by atoms with E-state index in [2.05, 4.69) is 0 Å². The Kier molecular flexibility index (Phi) is 2.23. The number of aromatic hydroxyl groups is 1. The summed E-state index contributed by atoms with van der Waals surface area (Å²) in [6, 6.07) is 3.26. The van der Waals surface area contributed by atoms with Crippen LogP contribution in [0.25, 0.3) is 0 Å². The summed E-state index contributed by atoms with van der Waals surface area (Å²) >= 11 is 0. The van der Waals surface area contributed by atoms with Gasteiger partial charge in [-0.2, -0.15) is 0 Å². The van der Waals surface area contributed by atoms with Crippen LogP contribution in [0, 0.1) is 15.0 Å². The number of benzene rings is 1. The van der Waals surface area contributed by atoms with Gasteiger partial charge in [0.25, 0.3) is 5.69 Å². The standard InChI is InChI=1S/C7H6N2O4/c1-8(11)6-4-5(9(12)13)2-3-7(6)10/h2-4H,1H3/p+1. The summed E-state index contributed by atoms with van der Waals surface area (Å²) < 4.78 is 0.363. The first kappa shape index (κ1) is 9.11. The number of nitrogens with zero attached hydrogens (tertiary/aromatic N) is 2. The Morgan fingerprint density at radius 3 is 2.46 bits per heavy atom. The Morgan fingerprint density at radius 1 is 1.38 bits per heavy atom. The lowest BCUT2D eigenvalue weighted by Gasteiger charge is -1.93. The van der Waals surface area contributed by atoms with Gasteiger partial charge in [-0.25, -0.2) is 0 Å². The summed E-state index contributed by atoms with van der Waals surface area (Å²) in [5.74, 6) is -0.275. The second kappa shape index (κ2) is 3.18. The summed E-state index contributed by atoms with van der Waals surface area (Å²) in [6.07, 6.45) is 0. The van der Waals surface area contributed by atoms with Crippen LogP contribution in [0.3, 0.4) is 0 Å². The van der Waals surface area contributed by atoms with Crippen molar-refractivity contribution in [2.24, 2.45) is 0 Å². The zero-order valence-corrected chi connectivity index (χ0v) is 6.80. The van der Waals surface area contributed by atoms with Gasteiger partial charge >= 0.3 is 5.69 Å². The molecule has 0 aliphatic rings. The first-order valence-electron chi connectivity index (χ1n) is 3.40. The molecule has 6 heteroatoms. The van der Waals surface area contributed by atoms with Crippen LogP contribution in [0.4, 0.5) is 11.4 Å². The maximum atomic E-state index is 10.8. The van der Waals surface area contributed by atoms with Gasteiger partial charge in [0.15, 0.2) is 12.8 Å². The Morgan fingerprint density at radius 2 is 2.00 bits per heavy atom. The smallest absolute Gasteiger partial charge is 0.303 e. The average molecular weight is 183 g/mol. The Balaban J connectivity index is 3.27. The van der Waals surface area contributed by atoms with E-state index in [9.17, 15) is 15.0 Å². The highest BCUT2D eigenvalue weighted by molar-refractivity contribution is 5.52. The number of nitroso groups, excluding NO2 is 1. The Hall–Kier alpha value is -1.98. The second-order valence-corrected chi connectivity index (χ2v) is 2.43. The largest absolute Gasteiger partial charge is 0.502 e. The number of phenolic OH excluding ortho intramolecular Hbond substituents is 1. The highest BCUT2D eigenvalue weighted by Crippen LogP contribution is 2.28. The number of rotatable bonds is 2. The molecule has 0 aromatic heterocycles. The van der Waals surface area contributed by atoms with Crippen molar-refractivity contribution >= 4 is 11.4 Å². The van der Waals surface area contributed by atoms with E-state index in [1.807, 2.05) is 0 Å². The van der Waals surface area contributed by atoms with Crippen LogP contribution < -0.4 is 0 Å². The molecule has 0 amide bonds. The van der Waals surface area contributed by atoms with Crippen LogP contribution >= 0.6 is 0 Å². The SMILES string of the molecule is C[N+](=O)c1cc([N+](=O)[O-])ccc1O. The van der Waals surface area contributed by atoms with Gasteiger partial charge in [-0.15, -0.1) is 0 Å². The fourth-order valence-corrected chi connectivity index (χ4v) is 0.878. The third-order valence-electron chi connectivity index (χ3n) is 1.51. The molecular weight excluding hydrogens is 176 g/mol. The van der Waals surface area contributed by atoms with Crippen LogP contribution in [-0.2, 0) is 0 Å². The van der Waals surface area contributed by atoms with Crippen molar-refractivity contribution in [3.63, 3.8) is 0 Å². The fraction of sp³-hybridized carbons (Fsp3) is 0.143. The zero-order valence-electron chi connectivity index (χ0n) is 6.80. The molecule has 1 N–H and O–H groups in total. The van der Waals surface area contributed by atoms with Gasteiger partial charge in [0, 0.05) is 15.7 Å². The van der Waals surface area contributed by atoms with Crippen molar-refractivity contribution in [2.45, 2.75) is 0 Å².